The molecule has 1 unspecified atom stereocenters. The van der Waals surface area contributed by atoms with Crippen molar-refractivity contribution >= 4 is 50.7 Å². The molecule has 0 aromatic heterocycles. The number of hydrogen-bond acceptors (Lipinski definition) is 4. The van der Waals surface area contributed by atoms with Crippen LogP contribution in [0.15, 0.2) is 71.2 Å². The van der Waals surface area contributed by atoms with Gasteiger partial charge in [-0.15, -0.1) is 0 Å². The van der Waals surface area contributed by atoms with Crippen LogP contribution in [0, 0.1) is 0 Å². The normalized spacial score (nSPS) is 11.4. The number of carbonyl (C=O) groups is 2. The fourth-order valence-electron chi connectivity index (χ4n) is 2.89. The summed E-state index contributed by atoms with van der Waals surface area (Å²) in [6.07, 6.45) is 0.176. The molecule has 0 aliphatic carbocycles. The molecule has 0 fully saturated rings. The minimum absolute atomic E-state index is 0.126. The zero-order valence-corrected chi connectivity index (χ0v) is 20.6. The predicted molar refractivity (Wildman–Crippen MR) is 134 cm³/mol. The number of hydrogen-bond donors (Lipinski definition) is 2. The third kappa shape index (κ3) is 7.23. The van der Waals surface area contributed by atoms with E-state index in [1.54, 1.807) is 55.5 Å². The van der Waals surface area contributed by atoms with Crippen LogP contribution in [0.25, 0.3) is 0 Å². The largest absolute Gasteiger partial charge is 0.483 e. The molecule has 0 spiro atoms. The summed E-state index contributed by atoms with van der Waals surface area (Å²) in [5.41, 5.74) is 2.34. The second kappa shape index (κ2) is 11.7. The summed E-state index contributed by atoms with van der Waals surface area (Å²) in [6, 6.07) is 19.5. The molecule has 0 heterocycles. The van der Waals surface area contributed by atoms with Gasteiger partial charge in [0.1, 0.15) is 11.5 Å². The molecule has 3 aromatic carbocycles. The highest BCUT2D eigenvalue weighted by Gasteiger charge is 2.16. The van der Waals surface area contributed by atoms with Gasteiger partial charge in [-0.25, -0.2) is 0 Å². The number of nitrogens with one attached hydrogen (secondary N) is 2. The van der Waals surface area contributed by atoms with Crippen LogP contribution in [-0.4, -0.2) is 24.5 Å². The first-order valence-corrected chi connectivity index (χ1v) is 11.6. The maximum absolute atomic E-state index is 12.4. The Kier molecular flexibility index (Phi) is 8.74. The third-order valence-corrected chi connectivity index (χ3v) is 5.64. The highest BCUT2D eigenvalue weighted by molar-refractivity contribution is 9.10. The van der Waals surface area contributed by atoms with Crippen LogP contribution >= 0.6 is 27.5 Å². The van der Waals surface area contributed by atoms with Crippen LogP contribution in [-0.2, 0) is 16.0 Å². The Hall–Kier alpha value is -3.03. The molecule has 3 aromatic rings. The summed E-state index contributed by atoms with van der Waals surface area (Å²) in [5, 5.41) is 5.98. The van der Waals surface area contributed by atoms with Crippen molar-refractivity contribution in [2.45, 2.75) is 26.4 Å². The lowest BCUT2D eigenvalue weighted by Gasteiger charge is -2.16. The first-order valence-electron chi connectivity index (χ1n) is 10.4. The summed E-state index contributed by atoms with van der Waals surface area (Å²) in [7, 11) is 0. The second-order valence-corrected chi connectivity index (χ2v) is 8.47. The van der Waals surface area contributed by atoms with E-state index in [1.165, 1.54) is 5.56 Å². The molecule has 1 atom stereocenters. The number of ether oxygens (including phenoxy) is 2. The average Bonchev–Trinajstić information content (AvgIpc) is 2.81. The first kappa shape index (κ1) is 24.6. The van der Waals surface area contributed by atoms with Crippen LogP contribution in [0.4, 0.5) is 11.4 Å². The van der Waals surface area contributed by atoms with Crippen molar-refractivity contribution in [1.82, 2.24) is 0 Å². The van der Waals surface area contributed by atoms with Gasteiger partial charge in [0.15, 0.2) is 12.7 Å². The third-order valence-electron chi connectivity index (χ3n) is 4.71. The maximum atomic E-state index is 12.4. The highest BCUT2D eigenvalue weighted by atomic mass is 79.9. The van der Waals surface area contributed by atoms with Crippen LogP contribution in [0.2, 0.25) is 5.02 Å². The van der Waals surface area contributed by atoms with Gasteiger partial charge in [0.05, 0.1) is 9.50 Å². The number of carbonyl (C=O) groups excluding carboxylic acids is 2. The van der Waals surface area contributed by atoms with Gasteiger partial charge < -0.3 is 20.1 Å². The van der Waals surface area contributed by atoms with E-state index in [4.69, 9.17) is 21.1 Å². The van der Waals surface area contributed by atoms with Crippen molar-refractivity contribution in [2.24, 2.45) is 0 Å². The molecule has 2 N–H and O–H groups in total. The summed E-state index contributed by atoms with van der Waals surface area (Å²) in [6.45, 7) is 3.59. The topological polar surface area (TPSA) is 76.7 Å². The van der Waals surface area contributed by atoms with Crippen LogP contribution in [0.3, 0.4) is 0 Å². The predicted octanol–water partition coefficient (Wildman–Crippen LogP) is 6.09. The lowest BCUT2D eigenvalue weighted by atomic mass is 10.2. The smallest absolute Gasteiger partial charge is 0.265 e. The monoisotopic (exact) mass is 530 g/mol. The van der Waals surface area contributed by atoms with Gasteiger partial charge in [-0.3, -0.25) is 9.59 Å². The highest BCUT2D eigenvalue weighted by Crippen LogP contribution is 2.26. The number of para-hydroxylation sites is 1. The van der Waals surface area contributed by atoms with E-state index < -0.39 is 6.10 Å². The van der Waals surface area contributed by atoms with Crippen molar-refractivity contribution in [3.8, 4) is 11.5 Å². The number of benzene rings is 3. The van der Waals surface area contributed by atoms with Crippen LogP contribution in [0.1, 0.15) is 19.4 Å². The number of halogens is 2. The molecule has 33 heavy (non-hydrogen) atoms. The molecule has 0 bridgehead atoms. The van der Waals surface area contributed by atoms with Crippen LogP contribution < -0.4 is 20.1 Å². The number of aryl methyl sites for hydroxylation is 1. The van der Waals surface area contributed by atoms with E-state index in [0.29, 0.717) is 27.9 Å². The summed E-state index contributed by atoms with van der Waals surface area (Å²) in [5.74, 6) is 0.434. The van der Waals surface area contributed by atoms with Crippen molar-refractivity contribution in [3.63, 3.8) is 0 Å². The standard InChI is InChI=1S/C25H24BrClN2O4/c1-3-17-8-13-22(20(26)14-17)32-15-24(30)28-18-9-11-19(12-10-18)29-25(31)16(2)33-23-7-5-4-6-21(23)27/h4-14,16H,3,15H2,1-2H3,(H,28,30)(H,29,31). The van der Waals surface area contributed by atoms with Gasteiger partial charge in [-0.2, -0.15) is 0 Å². The number of amides is 2. The number of anilines is 2. The Bertz CT molecular complexity index is 1120. The molecular formula is C25H24BrClN2O4. The van der Waals surface area contributed by atoms with Gasteiger partial charge in [-0.05, 0) is 83.4 Å². The number of rotatable bonds is 9. The lowest BCUT2D eigenvalue weighted by molar-refractivity contribution is -0.122. The van der Waals surface area contributed by atoms with Crippen LogP contribution in [0.5, 0.6) is 11.5 Å². The van der Waals surface area contributed by atoms with Crippen molar-refractivity contribution in [1.29, 1.82) is 0 Å². The van der Waals surface area contributed by atoms with Gasteiger partial charge in [0.25, 0.3) is 11.8 Å². The Balaban J connectivity index is 1.48. The van der Waals surface area contributed by atoms with Gasteiger partial charge >= 0.3 is 0 Å². The van der Waals surface area contributed by atoms with Crippen molar-refractivity contribution in [2.75, 3.05) is 17.2 Å². The molecular weight excluding hydrogens is 508 g/mol. The van der Waals surface area contributed by atoms with Gasteiger partial charge in [0.2, 0.25) is 0 Å². The van der Waals surface area contributed by atoms with Crippen molar-refractivity contribution in [3.05, 3.63) is 81.8 Å². The first-order chi connectivity index (χ1) is 15.9. The zero-order valence-electron chi connectivity index (χ0n) is 18.2. The Morgan fingerprint density at radius 2 is 1.64 bits per heavy atom. The molecule has 0 saturated carbocycles. The van der Waals surface area contributed by atoms with E-state index in [9.17, 15) is 9.59 Å². The fraction of sp³-hybridized carbons (Fsp3) is 0.200. The quantitative estimate of drug-likeness (QED) is 0.350. The van der Waals surface area contributed by atoms with Gasteiger partial charge in [0, 0.05) is 11.4 Å². The molecule has 6 nitrogen and oxygen atoms in total. The SMILES string of the molecule is CCc1ccc(OCC(=O)Nc2ccc(NC(=O)C(C)Oc3ccccc3Cl)cc2)c(Br)c1. The van der Waals surface area contributed by atoms with Crippen molar-refractivity contribution < 1.29 is 19.1 Å². The zero-order chi connectivity index (χ0) is 23.8. The summed E-state index contributed by atoms with van der Waals surface area (Å²) < 4.78 is 12.0. The fourth-order valence-corrected chi connectivity index (χ4v) is 3.61. The Labute approximate surface area is 206 Å². The molecule has 0 saturated heterocycles. The molecule has 8 heteroatoms. The molecule has 2 amide bonds. The molecule has 172 valence electrons. The molecule has 0 radical (unpaired) electrons. The Morgan fingerprint density at radius 1 is 0.970 bits per heavy atom. The summed E-state index contributed by atoms with van der Waals surface area (Å²) >= 11 is 9.52. The average molecular weight is 532 g/mol. The molecule has 0 aliphatic heterocycles. The molecule has 0 aliphatic rings. The maximum Gasteiger partial charge on any atom is 0.265 e. The minimum Gasteiger partial charge on any atom is -0.483 e. The van der Waals surface area contributed by atoms with E-state index in [-0.39, 0.29) is 18.4 Å². The Morgan fingerprint density at radius 3 is 2.27 bits per heavy atom. The summed E-state index contributed by atoms with van der Waals surface area (Å²) in [4.78, 5) is 24.6. The van der Waals surface area contributed by atoms with E-state index in [1.807, 2.05) is 18.2 Å². The lowest BCUT2D eigenvalue weighted by Crippen LogP contribution is -2.30. The van der Waals surface area contributed by atoms with E-state index >= 15 is 0 Å². The van der Waals surface area contributed by atoms with E-state index in [2.05, 4.69) is 33.5 Å². The van der Waals surface area contributed by atoms with E-state index in [0.717, 1.165) is 10.9 Å². The van der Waals surface area contributed by atoms with Gasteiger partial charge in [-0.1, -0.05) is 36.7 Å². The molecule has 3 rings (SSSR count). The second-order valence-electron chi connectivity index (χ2n) is 7.21. The minimum atomic E-state index is -0.743.